The van der Waals surface area contributed by atoms with Gasteiger partial charge in [0.1, 0.15) is 18.2 Å². The van der Waals surface area contributed by atoms with Gasteiger partial charge in [-0.05, 0) is 31.3 Å². The highest BCUT2D eigenvalue weighted by Gasteiger charge is 2.12. The molecule has 1 N–H and O–H groups in total. The van der Waals surface area contributed by atoms with Crippen LogP contribution < -0.4 is 10.1 Å². The molecule has 112 valence electrons. The van der Waals surface area contributed by atoms with E-state index < -0.39 is 0 Å². The van der Waals surface area contributed by atoms with Crippen molar-refractivity contribution in [1.82, 2.24) is 5.32 Å². The van der Waals surface area contributed by atoms with E-state index in [1.807, 2.05) is 7.05 Å². The molecule has 0 saturated heterocycles. The zero-order chi connectivity index (χ0) is 15.4. The van der Waals surface area contributed by atoms with Crippen LogP contribution in [-0.4, -0.2) is 7.05 Å². The summed E-state index contributed by atoms with van der Waals surface area (Å²) in [4.78, 5) is 0. The molecule has 0 atom stereocenters. The molecule has 2 rings (SSSR count). The molecule has 0 unspecified atom stereocenters. The minimum atomic E-state index is -0.385. The SMILES string of the molecule is CNCc1cc(Cl)cc(Cl)c1OCc1ccc(F)cc1Cl. The van der Waals surface area contributed by atoms with E-state index in [-0.39, 0.29) is 12.4 Å². The van der Waals surface area contributed by atoms with Crippen molar-refractivity contribution in [3.8, 4) is 5.75 Å². The van der Waals surface area contributed by atoms with Gasteiger partial charge in [0.15, 0.2) is 0 Å². The van der Waals surface area contributed by atoms with E-state index in [1.54, 1.807) is 18.2 Å². The fraction of sp³-hybridized carbons (Fsp3) is 0.200. The Morgan fingerprint density at radius 3 is 2.48 bits per heavy atom. The Morgan fingerprint density at radius 1 is 1.05 bits per heavy atom. The first-order valence-electron chi connectivity index (χ1n) is 6.20. The molecule has 2 aromatic rings. The van der Waals surface area contributed by atoms with Gasteiger partial charge in [-0.3, -0.25) is 0 Å². The zero-order valence-corrected chi connectivity index (χ0v) is 13.5. The van der Waals surface area contributed by atoms with Gasteiger partial charge in [0.2, 0.25) is 0 Å². The smallest absolute Gasteiger partial charge is 0.142 e. The number of rotatable bonds is 5. The molecule has 0 heterocycles. The van der Waals surface area contributed by atoms with Gasteiger partial charge in [-0.1, -0.05) is 40.9 Å². The van der Waals surface area contributed by atoms with Crippen molar-refractivity contribution in [3.05, 3.63) is 62.3 Å². The Kier molecular flexibility index (Phi) is 5.71. The van der Waals surface area contributed by atoms with Crippen molar-refractivity contribution in [2.24, 2.45) is 0 Å². The molecule has 0 radical (unpaired) electrons. The summed E-state index contributed by atoms with van der Waals surface area (Å²) in [5.74, 6) is 0.153. The highest BCUT2D eigenvalue weighted by molar-refractivity contribution is 6.35. The molecule has 0 amide bonds. The second kappa shape index (κ2) is 7.32. The van der Waals surface area contributed by atoms with Crippen LogP contribution in [0.3, 0.4) is 0 Å². The molecular weight excluding hydrogens is 336 g/mol. The molecular formula is C15H13Cl3FNO. The van der Waals surface area contributed by atoms with Crippen LogP contribution in [0, 0.1) is 5.82 Å². The number of ether oxygens (including phenoxy) is 1. The van der Waals surface area contributed by atoms with Crippen LogP contribution >= 0.6 is 34.8 Å². The third kappa shape index (κ3) is 4.24. The summed E-state index contributed by atoms with van der Waals surface area (Å²) < 4.78 is 18.8. The van der Waals surface area contributed by atoms with Crippen molar-refractivity contribution < 1.29 is 9.13 Å². The predicted octanol–water partition coefficient (Wildman–Crippen LogP) is 5.08. The topological polar surface area (TPSA) is 21.3 Å². The van der Waals surface area contributed by atoms with Crippen LogP contribution in [0.25, 0.3) is 0 Å². The van der Waals surface area contributed by atoms with Crippen LogP contribution in [0.5, 0.6) is 5.75 Å². The Labute approximate surface area is 137 Å². The second-order valence-corrected chi connectivity index (χ2v) is 5.68. The molecule has 6 heteroatoms. The minimum absolute atomic E-state index is 0.192. The monoisotopic (exact) mass is 347 g/mol. The molecule has 0 aromatic heterocycles. The van der Waals surface area contributed by atoms with Crippen molar-refractivity contribution in [2.45, 2.75) is 13.2 Å². The molecule has 2 nitrogen and oxygen atoms in total. The average Bonchev–Trinajstić information content (AvgIpc) is 2.40. The second-order valence-electron chi connectivity index (χ2n) is 4.43. The molecule has 0 fully saturated rings. The van der Waals surface area contributed by atoms with Crippen LogP contribution in [0.1, 0.15) is 11.1 Å². The lowest BCUT2D eigenvalue weighted by molar-refractivity contribution is 0.302. The Bertz CT molecular complexity index is 649. The van der Waals surface area contributed by atoms with Gasteiger partial charge in [-0.2, -0.15) is 0 Å². The van der Waals surface area contributed by atoms with Crippen LogP contribution in [0.4, 0.5) is 4.39 Å². The number of hydrogen-bond acceptors (Lipinski definition) is 2. The molecule has 0 aliphatic carbocycles. The molecule has 0 bridgehead atoms. The molecule has 0 saturated carbocycles. The fourth-order valence-corrected chi connectivity index (χ4v) is 2.70. The lowest BCUT2D eigenvalue weighted by Crippen LogP contribution is -2.08. The number of hydrogen-bond donors (Lipinski definition) is 1. The Hall–Kier alpha value is -1.00. The normalized spacial score (nSPS) is 10.7. The highest BCUT2D eigenvalue weighted by Crippen LogP contribution is 2.33. The number of halogens is 4. The van der Waals surface area contributed by atoms with E-state index in [0.717, 1.165) is 5.56 Å². The summed E-state index contributed by atoms with van der Waals surface area (Å²) in [6.07, 6.45) is 0. The van der Waals surface area contributed by atoms with Gasteiger partial charge < -0.3 is 10.1 Å². The van der Waals surface area contributed by atoms with Crippen molar-refractivity contribution in [3.63, 3.8) is 0 Å². The number of nitrogens with one attached hydrogen (secondary N) is 1. The lowest BCUT2D eigenvalue weighted by Gasteiger charge is -2.14. The minimum Gasteiger partial charge on any atom is -0.487 e. The Morgan fingerprint density at radius 2 is 1.81 bits per heavy atom. The summed E-state index contributed by atoms with van der Waals surface area (Å²) in [6, 6.07) is 7.56. The lowest BCUT2D eigenvalue weighted by atomic mass is 10.2. The molecule has 2 aromatic carbocycles. The van der Waals surface area contributed by atoms with Crippen LogP contribution in [0.15, 0.2) is 30.3 Å². The molecule has 0 spiro atoms. The molecule has 0 aliphatic heterocycles. The Balaban J connectivity index is 2.23. The van der Waals surface area contributed by atoms with Gasteiger partial charge >= 0.3 is 0 Å². The average molecular weight is 349 g/mol. The van der Waals surface area contributed by atoms with Gasteiger partial charge in [0.25, 0.3) is 0 Å². The van der Waals surface area contributed by atoms with Crippen molar-refractivity contribution in [1.29, 1.82) is 0 Å². The van der Waals surface area contributed by atoms with E-state index in [4.69, 9.17) is 39.5 Å². The molecule has 21 heavy (non-hydrogen) atoms. The first kappa shape index (κ1) is 16.4. The summed E-state index contributed by atoms with van der Waals surface area (Å²) in [5.41, 5.74) is 1.52. The largest absolute Gasteiger partial charge is 0.487 e. The molecule has 0 aliphatic rings. The van der Waals surface area contributed by atoms with E-state index in [9.17, 15) is 4.39 Å². The van der Waals surface area contributed by atoms with Crippen molar-refractivity contribution >= 4 is 34.8 Å². The van der Waals surface area contributed by atoms with Gasteiger partial charge in [0.05, 0.1) is 10.0 Å². The quantitative estimate of drug-likeness (QED) is 0.813. The zero-order valence-electron chi connectivity index (χ0n) is 11.2. The van der Waals surface area contributed by atoms with Gasteiger partial charge in [0, 0.05) is 22.7 Å². The maximum absolute atomic E-state index is 13.0. The van der Waals surface area contributed by atoms with Gasteiger partial charge in [-0.15, -0.1) is 0 Å². The van der Waals surface area contributed by atoms with Crippen LogP contribution in [0.2, 0.25) is 15.1 Å². The van der Waals surface area contributed by atoms with E-state index >= 15 is 0 Å². The van der Waals surface area contributed by atoms with E-state index in [0.29, 0.717) is 32.9 Å². The standard InChI is InChI=1S/C15H13Cl3FNO/c1-20-7-10-4-11(16)5-14(18)15(10)21-8-9-2-3-12(19)6-13(9)17/h2-6,20H,7-8H2,1H3. The van der Waals surface area contributed by atoms with E-state index in [1.165, 1.54) is 12.1 Å². The highest BCUT2D eigenvalue weighted by atomic mass is 35.5. The maximum atomic E-state index is 13.0. The third-order valence-electron chi connectivity index (χ3n) is 2.84. The maximum Gasteiger partial charge on any atom is 0.142 e. The number of benzene rings is 2. The fourth-order valence-electron chi connectivity index (χ4n) is 1.89. The summed E-state index contributed by atoms with van der Waals surface area (Å²) in [5, 5.41) is 4.30. The summed E-state index contributed by atoms with van der Waals surface area (Å²) >= 11 is 18.1. The first-order valence-corrected chi connectivity index (χ1v) is 7.34. The predicted molar refractivity (Wildman–Crippen MR) is 85.0 cm³/mol. The van der Waals surface area contributed by atoms with E-state index in [2.05, 4.69) is 5.32 Å². The third-order valence-corrected chi connectivity index (χ3v) is 3.69. The van der Waals surface area contributed by atoms with Crippen LogP contribution in [-0.2, 0) is 13.2 Å². The summed E-state index contributed by atoms with van der Waals surface area (Å²) in [6.45, 7) is 0.754. The first-order chi connectivity index (χ1) is 10.0. The van der Waals surface area contributed by atoms with Gasteiger partial charge in [-0.25, -0.2) is 4.39 Å². The summed E-state index contributed by atoms with van der Waals surface area (Å²) in [7, 11) is 1.81. The van der Waals surface area contributed by atoms with Crippen molar-refractivity contribution in [2.75, 3.05) is 7.05 Å².